The molecule has 11 N–H and O–H groups in total. The Morgan fingerprint density at radius 2 is 0.876 bits per heavy atom. The van der Waals surface area contributed by atoms with Crippen molar-refractivity contribution < 1.29 is 77.6 Å². The number of ketones is 3. The van der Waals surface area contributed by atoms with Crippen molar-refractivity contribution in [1.29, 1.82) is 0 Å². The van der Waals surface area contributed by atoms with Gasteiger partial charge in [-0.2, -0.15) is 25.3 Å². The van der Waals surface area contributed by atoms with Gasteiger partial charge in [0.25, 0.3) is 9.24 Å². The normalized spacial score (nSPS) is 21.4. The number of nitrogens with zero attached hydrogens (tertiary/aromatic N) is 6. The first-order valence-corrected chi connectivity index (χ1v) is 50.9. The summed E-state index contributed by atoms with van der Waals surface area (Å²) in [6, 6.07) is 5.38. The summed E-state index contributed by atoms with van der Waals surface area (Å²) in [5.74, 6) is 1.81. The maximum Gasteiger partial charge on any atom is 0.333 e. The molecule has 3 aliphatic carbocycles. The second kappa shape index (κ2) is 44.1. The van der Waals surface area contributed by atoms with Gasteiger partial charge >= 0.3 is 20.6 Å². The Hall–Kier alpha value is -4.28. The fourth-order valence-corrected chi connectivity index (χ4v) is 20.1. The lowest BCUT2D eigenvalue weighted by Gasteiger charge is -2.38. The van der Waals surface area contributed by atoms with Crippen LogP contribution in [0.3, 0.4) is 0 Å². The van der Waals surface area contributed by atoms with Crippen molar-refractivity contribution in [3.63, 3.8) is 0 Å². The highest BCUT2D eigenvalue weighted by Gasteiger charge is 2.42. The lowest BCUT2D eigenvalue weighted by Crippen LogP contribution is -2.41. The van der Waals surface area contributed by atoms with Gasteiger partial charge in [-0.1, -0.05) is 105 Å². The van der Waals surface area contributed by atoms with Crippen molar-refractivity contribution >= 4 is 161 Å². The minimum Gasteiger partial charge on any atom is -0.410 e. The van der Waals surface area contributed by atoms with Gasteiger partial charge in [-0.25, -0.2) is 45.3 Å². The van der Waals surface area contributed by atoms with Gasteiger partial charge in [-0.15, -0.1) is 34.0 Å². The third-order valence-electron chi connectivity index (χ3n) is 20.7. The van der Waals surface area contributed by atoms with Crippen molar-refractivity contribution in [3.05, 3.63) is 117 Å². The van der Waals surface area contributed by atoms with Gasteiger partial charge in [-0.3, -0.25) is 27.1 Å². The number of nitrogens with one attached hydrogen (secondary N) is 3. The Balaban J connectivity index is 0.000000332. The maximum absolute atomic E-state index is 13.5. The molecule has 0 bridgehead atoms. The number of aliphatic hydroxyl groups is 2. The van der Waals surface area contributed by atoms with E-state index in [4.69, 9.17) is 68.4 Å². The monoisotopic (exact) mass is 1810 g/mol. The number of carbonyl (C=O) groups is 3. The first-order valence-electron chi connectivity index (χ1n) is 36.8. The number of aliphatic hydroxyl groups excluding tert-OH is 2. The predicted octanol–water partition coefficient (Wildman–Crippen LogP) is 15.8. The number of halogens is 5. The molecule has 113 heavy (non-hydrogen) atoms. The number of thiophene rings is 3. The number of hydrogen-bond donors (Lipinski definition) is 8. The molecule has 1 saturated heterocycles. The number of ether oxygens (including phenoxy) is 1. The summed E-state index contributed by atoms with van der Waals surface area (Å²) >= 11 is 22.9. The first-order chi connectivity index (χ1) is 52.3. The van der Waals surface area contributed by atoms with Gasteiger partial charge < -0.3 is 39.8 Å². The number of hydrogen-bond acceptors (Lipinski definition) is 28. The minimum absolute atomic E-state index is 0. The third-order valence-corrected chi connectivity index (χ3v) is 34.9. The van der Waals surface area contributed by atoms with Gasteiger partial charge in [0, 0.05) is 83.9 Å². The van der Waals surface area contributed by atoms with E-state index in [2.05, 4.69) is 136 Å². The summed E-state index contributed by atoms with van der Waals surface area (Å²) in [5, 5.41) is 43.5. The largest absolute Gasteiger partial charge is 0.410 e. The van der Waals surface area contributed by atoms with Crippen molar-refractivity contribution in [2.75, 3.05) is 56.1 Å². The molecule has 636 valence electrons. The Labute approximate surface area is 701 Å². The zero-order valence-corrected chi connectivity index (χ0v) is 75.8. The molecule has 28 nitrogen and oxygen atoms in total. The molecule has 6 aromatic rings. The maximum atomic E-state index is 13.5. The summed E-state index contributed by atoms with van der Waals surface area (Å²) in [6.45, 7) is 35.9. The summed E-state index contributed by atoms with van der Waals surface area (Å²) in [4.78, 5) is 66.4. The average molecular weight is 1810 g/mol. The van der Waals surface area contributed by atoms with E-state index in [1.807, 2.05) is 39.8 Å². The van der Waals surface area contributed by atoms with E-state index in [0.717, 1.165) is 61.4 Å². The number of aromatic nitrogens is 6. The molecule has 4 aliphatic rings. The number of rotatable bonds is 26. The highest BCUT2D eigenvalue weighted by Crippen LogP contribution is 2.46. The molecule has 41 heteroatoms. The van der Waals surface area contributed by atoms with Crippen molar-refractivity contribution in [1.82, 2.24) is 29.9 Å². The molecule has 4 fully saturated rings. The highest BCUT2D eigenvalue weighted by atomic mass is 35.7. The number of carbonyl (C=O) groups excluding carboxylic acids is 3. The summed E-state index contributed by atoms with van der Waals surface area (Å²) in [6.07, 6.45) is 14.6. The Morgan fingerprint density at radius 3 is 1.12 bits per heavy atom. The lowest BCUT2D eigenvalue weighted by atomic mass is 10.00. The van der Waals surface area contributed by atoms with Gasteiger partial charge in [-0.05, 0) is 162 Å². The van der Waals surface area contributed by atoms with Crippen LogP contribution in [0.4, 0.5) is 21.8 Å². The molecule has 0 aromatic carbocycles. The summed E-state index contributed by atoms with van der Waals surface area (Å²) in [7, 11) is -12.4. The molecule has 7 heterocycles. The van der Waals surface area contributed by atoms with E-state index in [1.54, 1.807) is 19.2 Å². The number of nitrogens with two attached hydrogens (primary N) is 3. The topological polar surface area (TPSA) is 432 Å². The molecule has 1 aliphatic heterocycles. The van der Waals surface area contributed by atoms with Crippen LogP contribution in [-0.2, 0) is 51.8 Å². The SMILES string of the molecule is C.C1CCOC1.CC(O)c1cc(C(=O)c2cncnc2N[C@@H]2C[C@H](COS(N)(=O)=O)[C@@H](C)C2)sc1Cl.CC(O[Si](C)(C)C(C)(C)C)c1cc(C(=O)c2cncnc2N[C@@H]2C[C@H](CO)[C@@H](C)C2)sc1Cl.CC(O[Si](C)(C)C(C)(C)C)c1cc(C(=O)c2cncnc2N[C@@H]2C[C@H](COS(N)(=O)=O)[C@@H](C)C2)sc1Cl.NS(=O)(=O)Cl.[2H]CF. The van der Waals surface area contributed by atoms with Gasteiger partial charge in [0.2, 0.25) is 17.3 Å². The van der Waals surface area contributed by atoms with Crippen molar-refractivity contribution in [3.8, 4) is 0 Å². The Morgan fingerprint density at radius 1 is 0.593 bits per heavy atom. The molecule has 10 rings (SSSR count). The number of anilines is 3. The van der Waals surface area contributed by atoms with E-state index in [9.17, 15) is 54.2 Å². The fraction of sp³-hybridized carbons (Fsp3) is 0.625. The van der Waals surface area contributed by atoms with E-state index in [-0.39, 0.29) is 115 Å². The number of alkyl halides is 1. The van der Waals surface area contributed by atoms with E-state index < -0.39 is 59.7 Å². The fourth-order valence-electron chi connectivity index (χ4n) is 12.5. The molecule has 0 radical (unpaired) electrons. The molecule has 0 spiro atoms. The quantitative estimate of drug-likeness (QED) is 0.0142. The molecular weight excluding hydrogens is 1700 g/mol. The van der Waals surface area contributed by atoms with E-state index in [1.165, 1.54) is 66.9 Å². The van der Waals surface area contributed by atoms with E-state index >= 15 is 0 Å². The van der Waals surface area contributed by atoms with Crippen LogP contribution in [0.1, 0.15) is 224 Å². The van der Waals surface area contributed by atoms with Crippen LogP contribution in [0.15, 0.2) is 55.8 Å². The Bertz CT molecular complexity index is 4460. The first kappa shape index (κ1) is 99.3. The van der Waals surface area contributed by atoms with Crippen LogP contribution in [0.5, 0.6) is 0 Å². The lowest BCUT2D eigenvalue weighted by molar-refractivity contribution is 0.103. The zero-order valence-electron chi connectivity index (χ0n) is 66.9. The Kier molecular flexibility index (Phi) is 38.8. The van der Waals surface area contributed by atoms with Crippen LogP contribution in [0.2, 0.25) is 49.3 Å². The van der Waals surface area contributed by atoms with Gasteiger partial charge in [0.05, 0.1) is 84.4 Å². The second-order valence-electron chi connectivity index (χ2n) is 31.3. The van der Waals surface area contributed by atoms with Gasteiger partial charge in [0.15, 0.2) is 16.6 Å². The molecule has 3 saturated carbocycles. The molecule has 0 amide bonds. The highest BCUT2D eigenvalue weighted by molar-refractivity contribution is 8.11. The van der Waals surface area contributed by atoms with Crippen LogP contribution in [0.25, 0.3) is 0 Å². The molecule has 3 unspecified atom stereocenters. The third kappa shape index (κ3) is 31.4. The average Bonchev–Trinajstić information content (AvgIpc) is 1.64. The minimum atomic E-state index is -3.99. The summed E-state index contributed by atoms with van der Waals surface area (Å²) < 4.78 is 107. The second-order valence-corrected chi connectivity index (χ2v) is 50.4. The molecular formula is C72H113Cl4FN12O16S6Si2. The van der Waals surface area contributed by atoms with Crippen LogP contribution < -0.4 is 31.4 Å². The predicted molar refractivity (Wildman–Crippen MR) is 454 cm³/mol. The molecule has 12 atom stereocenters. The van der Waals surface area contributed by atoms with Crippen LogP contribution in [-0.4, -0.2) is 158 Å². The standard InChI is InChI=1S/C24H37ClN4O5S2Si.C24H36ClN3O3SSi.C18H23ClN4O5S2.C4H8O.CH3F.CH4.ClH2NO2S/c1-14-8-17(9-16(14)12-33-36(26,31)32)29-23-19(11-27-13-28-23)21(30)20-10-18(22(25)35-20)15(2)34-37(6,7)24(3,4)5;1-14-8-17(9-16(14)12-29)28-23-19(11-26-13-27-23)21(30)20-10-18(22(25)32-20)15(2)31-33(6,7)24(3,4)5;1-9-3-12(4-11(9)7-28-30(20,26)27)23-18-14(6-21-8-22-18)16(25)15-5-13(10(2)24)17(19)29-15;1-2-4-5-3-1;1-2;;1-5(2,3)4/h10-11,13-17H,8-9,12H2,1-7H3,(H2,26,31,32)(H,27,28,29);10-11,13-17,29H,8-9,12H2,1-7H3,(H,26,27,28);5-6,8-12,24H,3-4,7H2,1-2H3,(H2,20,26,27)(H,21,22,23);1-4H2;1H3;1H4;(H2,2,3,4)/t2*14-,15?,16+,17-;9-,10?,11+,12-;;;;/m000..../s1/i;;;;1D;;. The van der Waals surface area contributed by atoms with Crippen LogP contribution >= 0.6 is 79.5 Å². The smallest absolute Gasteiger partial charge is 0.333 e. The van der Waals surface area contributed by atoms with E-state index in [0.29, 0.717) is 86.1 Å². The zero-order chi connectivity index (χ0) is 85.1. The van der Waals surface area contributed by atoms with Crippen molar-refractivity contribution in [2.24, 2.45) is 50.9 Å². The molecule has 6 aromatic heterocycles. The summed E-state index contributed by atoms with van der Waals surface area (Å²) in [5.41, 5.74) is 3.22. The van der Waals surface area contributed by atoms with Crippen LogP contribution in [0, 0.1) is 35.5 Å². The van der Waals surface area contributed by atoms with Crippen molar-refractivity contribution in [2.45, 2.75) is 215 Å². The van der Waals surface area contributed by atoms with Gasteiger partial charge in [0.1, 0.15) is 36.4 Å².